The maximum absolute atomic E-state index is 11.0. The first-order valence-electron chi connectivity index (χ1n) is 4.08. The Labute approximate surface area is 136 Å². The van der Waals surface area contributed by atoms with Crippen LogP contribution in [0.2, 0.25) is 0 Å². The zero-order chi connectivity index (χ0) is 11.1. The Hall–Kier alpha value is 0.375. The van der Waals surface area contributed by atoms with Crippen molar-refractivity contribution in [1.29, 1.82) is 0 Å². The summed E-state index contributed by atoms with van der Waals surface area (Å²) in [7, 11) is 0. The first kappa shape index (κ1) is 17.8. The molecule has 0 heterocycles. The number of Topliss-reactive ketones (excluding diaryl/α,β-unsaturated/α-hetero) is 1. The number of ether oxygens (including phenoxy) is 1. The van der Waals surface area contributed by atoms with Gasteiger partial charge < -0.3 is 15.6 Å². The van der Waals surface area contributed by atoms with Gasteiger partial charge in [0.1, 0.15) is 12.2 Å². The average molecular weight is 288 g/mol. The van der Waals surface area contributed by atoms with E-state index in [-0.39, 0.29) is 64.8 Å². The summed E-state index contributed by atoms with van der Waals surface area (Å²) in [6.45, 7) is 1.78. The number of hydrogen-bond donors (Lipinski definition) is 1. The smallest absolute Gasteiger partial charge is 0.665 e. The molecule has 0 aliphatic rings. The molecule has 0 aliphatic heterocycles. The molecule has 15 heavy (non-hydrogen) atoms. The number of carbonyl (C=O) groups is 3. The second-order valence-corrected chi connectivity index (χ2v) is 2.62. The molecule has 0 amide bonds. The second-order valence-electron chi connectivity index (χ2n) is 2.62. The Morgan fingerprint density at radius 3 is 2.33 bits per heavy atom. The van der Waals surface area contributed by atoms with Gasteiger partial charge in [-0.05, 0) is 13.0 Å². The number of esters is 1. The molecule has 1 unspecified atom stereocenters. The van der Waals surface area contributed by atoms with Gasteiger partial charge in [0, 0.05) is 6.42 Å². The van der Waals surface area contributed by atoms with E-state index < -0.39 is 36.6 Å². The van der Waals surface area contributed by atoms with Crippen LogP contribution in [0.1, 0.15) is 19.8 Å². The van der Waals surface area contributed by atoms with Gasteiger partial charge in [-0.3, -0.25) is 14.4 Å². The fraction of sp³-hybridized carbons (Fsp3) is 0.625. The van der Waals surface area contributed by atoms with Gasteiger partial charge in [0.05, 0.1) is 6.61 Å². The summed E-state index contributed by atoms with van der Waals surface area (Å²) in [5.74, 6) is -2.65. The molecular weight excluding hydrogens is 276 g/mol. The van der Waals surface area contributed by atoms with Crippen molar-refractivity contribution in [3.8, 4) is 0 Å². The molecule has 7 heteroatoms. The van der Waals surface area contributed by atoms with Crippen LogP contribution in [0.3, 0.4) is 0 Å². The van der Waals surface area contributed by atoms with Crippen LogP contribution in [0.25, 0.3) is 5.73 Å². The summed E-state index contributed by atoms with van der Waals surface area (Å²) < 4.78 is 4.49. The number of ketones is 1. The minimum atomic E-state index is -1.50. The topological polar surface area (TPSA) is 104 Å². The van der Waals surface area contributed by atoms with Crippen LogP contribution < -0.4 is 58.2 Å². The molecule has 80 valence electrons. The average Bonchev–Trinajstić information content (AvgIpc) is 2.03. The van der Waals surface area contributed by atoms with Gasteiger partial charge in [-0.2, -0.15) is 0 Å². The zero-order valence-electron chi connectivity index (χ0n) is 8.78. The van der Waals surface area contributed by atoms with E-state index in [4.69, 9.17) is 10.8 Å². The molecule has 0 rings (SSSR count). The Kier molecular flexibility index (Phi) is 11.4. The van der Waals surface area contributed by atoms with Crippen molar-refractivity contribution in [2.24, 2.45) is 0 Å². The van der Waals surface area contributed by atoms with E-state index in [0.717, 1.165) is 0 Å². The van der Waals surface area contributed by atoms with Gasteiger partial charge in [0.15, 0.2) is 0 Å². The first-order valence-corrected chi connectivity index (χ1v) is 4.08. The third-order valence-corrected chi connectivity index (χ3v) is 1.38. The monoisotopic (exact) mass is 287 g/mol. The molecule has 0 aromatic heterocycles. The summed E-state index contributed by atoms with van der Waals surface area (Å²) in [5, 5.41) is 8.31. The molecule has 6 nitrogen and oxygen atoms in total. The van der Waals surface area contributed by atoms with Crippen LogP contribution in [0.4, 0.5) is 0 Å². The predicted octanol–water partition coefficient (Wildman–Crippen LogP) is -2.59. The third kappa shape index (κ3) is 9.31. The zero-order valence-corrected chi connectivity index (χ0v) is 13.7. The molecule has 0 radical (unpaired) electrons. The molecule has 0 saturated carbocycles. The molecule has 0 aliphatic carbocycles. The van der Waals surface area contributed by atoms with Crippen LogP contribution >= 0.6 is 0 Å². The van der Waals surface area contributed by atoms with Gasteiger partial charge in [-0.25, -0.2) is 0 Å². The van der Waals surface area contributed by atoms with Crippen LogP contribution in [0.5, 0.6) is 0 Å². The number of carboxylic acids is 1. The van der Waals surface area contributed by atoms with Crippen molar-refractivity contribution in [2.45, 2.75) is 25.8 Å². The van der Waals surface area contributed by atoms with Crippen molar-refractivity contribution in [1.82, 2.24) is 0 Å². The quantitative estimate of drug-likeness (QED) is 0.426. The molecular formula is C8H12NO5Rb. The molecule has 0 spiro atoms. The summed E-state index contributed by atoms with van der Waals surface area (Å²) in [5.41, 5.74) is 6.93. The van der Waals surface area contributed by atoms with Crippen LogP contribution in [0, 0.1) is 0 Å². The van der Waals surface area contributed by atoms with Crippen molar-refractivity contribution >= 4 is 17.7 Å². The van der Waals surface area contributed by atoms with Gasteiger partial charge >= 0.3 is 64.2 Å². The molecule has 0 saturated heterocycles. The number of rotatable bonds is 6. The standard InChI is InChI=1S/C8H12NO5.Rb/c1-2-14-7(11)4-5(10)3-6(9)8(12)13;/h6,9H,2-4H2,1H3,(H,12,13);/q-1;+1. The number of hydrogen-bond acceptors (Lipinski definition) is 4. The molecule has 0 aromatic carbocycles. The van der Waals surface area contributed by atoms with E-state index >= 15 is 0 Å². The Bertz CT molecular complexity index is 243. The van der Waals surface area contributed by atoms with Crippen molar-refractivity contribution in [3.63, 3.8) is 0 Å². The van der Waals surface area contributed by atoms with E-state index in [1.54, 1.807) is 6.92 Å². The van der Waals surface area contributed by atoms with Crippen molar-refractivity contribution < 1.29 is 82.4 Å². The number of carbonyl (C=O) groups excluding carboxylic acids is 2. The van der Waals surface area contributed by atoms with Crippen molar-refractivity contribution in [2.75, 3.05) is 6.61 Å². The maximum Gasteiger partial charge on any atom is 1.00 e. The summed E-state index contributed by atoms with van der Waals surface area (Å²) in [4.78, 5) is 31.9. The number of nitrogens with one attached hydrogen (secondary N) is 1. The number of carboxylic acid groups (broad SMARTS) is 1. The molecule has 0 aromatic rings. The third-order valence-electron chi connectivity index (χ3n) is 1.38. The number of aliphatic carboxylic acids is 1. The maximum atomic E-state index is 11.0. The van der Waals surface area contributed by atoms with Crippen LogP contribution in [0.15, 0.2) is 0 Å². The fourth-order valence-corrected chi connectivity index (χ4v) is 0.760. The molecule has 0 bridgehead atoms. The summed E-state index contributed by atoms with van der Waals surface area (Å²) >= 11 is 0. The van der Waals surface area contributed by atoms with E-state index in [1.165, 1.54) is 0 Å². The van der Waals surface area contributed by atoms with Gasteiger partial charge in [0.25, 0.3) is 5.97 Å². The fourth-order valence-electron chi connectivity index (χ4n) is 0.760. The minimum Gasteiger partial charge on any atom is -0.665 e. The predicted molar refractivity (Wildman–Crippen MR) is 46.6 cm³/mol. The largest absolute Gasteiger partial charge is 1.00 e. The molecule has 1 atom stereocenters. The van der Waals surface area contributed by atoms with E-state index in [2.05, 4.69) is 4.74 Å². The molecule has 2 N–H and O–H groups in total. The van der Waals surface area contributed by atoms with E-state index in [9.17, 15) is 14.4 Å². The Balaban J connectivity index is 0. The molecule has 0 fully saturated rings. The minimum absolute atomic E-state index is 0. The van der Waals surface area contributed by atoms with Gasteiger partial charge in [-0.15, -0.1) is 0 Å². The second kappa shape index (κ2) is 9.59. The Morgan fingerprint density at radius 1 is 1.40 bits per heavy atom. The summed E-state index contributed by atoms with van der Waals surface area (Å²) in [6.07, 6.45) is -0.926. The van der Waals surface area contributed by atoms with E-state index in [0.29, 0.717) is 0 Å². The SMILES string of the molecule is CCOC(=O)CC(=O)CC([NH-])C(=O)O.[Rb+]. The van der Waals surface area contributed by atoms with Gasteiger partial charge in [-0.1, -0.05) is 0 Å². The van der Waals surface area contributed by atoms with Crippen LogP contribution in [-0.2, 0) is 19.1 Å². The normalized spacial score (nSPS) is 11.1. The van der Waals surface area contributed by atoms with Crippen LogP contribution in [-0.4, -0.2) is 35.5 Å². The summed E-state index contributed by atoms with van der Waals surface area (Å²) in [6, 6.07) is -1.50. The van der Waals surface area contributed by atoms with E-state index in [1.807, 2.05) is 0 Å². The Morgan fingerprint density at radius 2 is 1.93 bits per heavy atom. The first-order chi connectivity index (χ1) is 6.47. The van der Waals surface area contributed by atoms with Crippen molar-refractivity contribution in [3.05, 3.63) is 5.73 Å². The van der Waals surface area contributed by atoms with Gasteiger partial charge in [0.2, 0.25) is 0 Å².